The zero-order valence-corrected chi connectivity index (χ0v) is 10.6. The molecule has 1 fully saturated rings. The fourth-order valence-electron chi connectivity index (χ4n) is 2.45. The van der Waals surface area contributed by atoms with Crippen LogP contribution < -0.4 is 0 Å². The minimum absolute atomic E-state index is 0.0618. The Kier molecular flexibility index (Phi) is 3.60. The number of rotatable bonds is 0. The van der Waals surface area contributed by atoms with Crippen molar-refractivity contribution < 1.29 is 13.2 Å². The zero-order valence-electron chi connectivity index (χ0n) is 10.6. The first-order valence-electron chi connectivity index (χ1n) is 5.65. The third kappa shape index (κ3) is 2.69. The Labute approximate surface area is 95.4 Å². The molecule has 0 aromatic rings. The monoisotopic (exact) mass is 238 g/mol. The average molecular weight is 238 g/mol. The summed E-state index contributed by atoms with van der Waals surface area (Å²) in [7, 11) is 0. The highest BCUT2D eigenvalue weighted by Gasteiger charge is 2.47. The predicted octanol–water partition coefficient (Wildman–Crippen LogP) is 2.70. The van der Waals surface area contributed by atoms with Crippen molar-refractivity contribution in [2.75, 3.05) is 13.1 Å². The Morgan fingerprint density at radius 1 is 0.875 bits per heavy atom. The molecule has 5 heteroatoms. The van der Waals surface area contributed by atoms with Gasteiger partial charge in [-0.05, 0) is 34.6 Å². The lowest BCUT2D eigenvalue weighted by Gasteiger charge is -2.50. The van der Waals surface area contributed by atoms with Gasteiger partial charge in [0.2, 0.25) is 0 Å². The molecule has 1 heterocycles. The molecule has 2 nitrogen and oxygen atoms in total. The molecule has 0 spiro atoms. The second-order valence-electron chi connectivity index (χ2n) is 5.51. The van der Waals surface area contributed by atoms with Crippen molar-refractivity contribution in [3.63, 3.8) is 0 Å². The Balaban J connectivity index is 2.81. The van der Waals surface area contributed by atoms with E-state index in [4.69, 9.17) is 0 Å². The normalized spacial score (nSPS) is 30.8. The van der Waals surface area contributed by atoms with E-state index in [9.17, 15) is 13.2 Å². The average Bonchev–Trinajstić information content (AvgIpc) is 2.05. The molecule has 1 aliphatic heterocycles. The van der Waals surface area contributed by atoms with Gasteiger partial charge in [0.05, 0.1) is 0 Å². The van der Waals surface area contributed by atoms with E-state index in [0.717, 1.165) is 0 Å². The minimum atomic E-state index is -4.21. The molecule has 0 aromatic heterocycles. The molecular formula is C11H21F3N2. The molecule has 0 radical (unpaired) electrons. The summed E-state index contributed by atoms with van der Waals surface area (Å²) >= 11 is 0. The maximum absolute atomic E-state index is 12.7. The molecule has 16 heavy (non-hydrogen) atoms. The van der Waals surface area contributed by atoms with E-state index < -0.39 is 12.3 Å². The van der Waals surface area contributed by atoms with Crippen molar-refractivity contribution >= 4 is 0 Å². The van der Waals surface area contributed by atoms with Crippen molar-refractivity contribution in [1.29, 1.82) is 0 Å². The van der Waals surface area contributed by atoms with E-state index in [1.54, 1.807) is 6.92 Å². The SMILES string of the molecule is CC1C(C)N(C(F)(F)F)CCN1C(C)(C)C. The summed E-state index contributed by atoms with van der Waals surface area (Å²) in [6.45, 7) is 10.2. The van der Waals surface area contributed by atoms with Crippen LogP contribution >= 0.6 is 0 Å². The molecule has 0 aliphatic carbocycles. The minimum Gasteiger partial charge on any atom is -0.293 e. The van der Waals surface area contributed by atoms with Gasteiger partial charge in [-0.1, -0.05) is 0 Å². The second kappa shape index (κ2) is 4.18. The fourth-order valence-corrected chi connectivity index (χ4v) is 2.45. The van der Waals surface area contributed by atoms with Gasteiger partial charge in [0.1, 0.15) is 0 Å². The molecule has 0 saturated carbocycles. The fraction of sp³-hybridized carbons (Fsp3) is 1.00. The van der Waals surface area contributed by atoms with Crippen LogP contribution in [0.15, 0.2) is 0 Å². The van der Waals surface area contributed by atoms with Crippen LogP contribution in [0.4, 0.5) is 13.2 Å². The third-order valence-electron chi connectivity index (χ3n) is 3.45. The highest BCUT2D eigenvalue weighted by Crippen LogP contribution is 2.31. The molecule has 0 amide bonds. The van der Waals surface area contributed by atoms with Gasteiger partial charge in [-0.3, -0.25) is 4.90 Å². The topological polar surface area (TPSA) is 6.48 Å². The van der Waals surface area contributed by atoms with Gasteiger partial charge >= 0.3 is 6.30 Å². The lowest BCUT2D eigenvalue weighted by molar-refractivity contribution is -0.273. The second-order valence-corrected chi connectivity index (χ2v) is 5.51. The molecule has 2 atom stereocenters. The van der Waals surface area contributed by atoms with Gasteiger partial charge in [-0.2, -0.15) is 13.2 Å². The molecule has 0 N–H and O–H groups in total. The van der Waals surface area contributed by atoms with Crippen LogP contribution in [-0.4, -0.2) is 46.8 Å². The Bertz CT molecular complexity index is 219. The summed E-state index contributed by atoms with van der Waals surface area (Å²) in [5.41, 5.74) is -0.0780. The maximum Gasteiger partial charge on any atom is 0.460 e. The Morgan fingerprint density at radius 2 is 1.25 bits per heavy atom. The van der Waals surface area contributed by atoms with E-state index in [-0.39, 0.29) is 18.1 Å². The van der Waals surface area contributed by atoms with Gasteiger partial charge in [0.25, 0.3) is 0 Å². The van der Waals surface area contributed by atoms with Gasteiger partial charge in [-0.25, -0.2) is 4.90 Å². The summed E-state index contributed by atoms with van der Waals surface area (Å²) in [5.74, 6) is 0. The van der Waals surface area contributed by atoms with Crippen LogP contribution in [0.2, 0.25) is 0 Å². The quantitative estimate of drug-likeness (QED) is 0.599. The smallest absolute Gasteiger partial charge is 0.293 e. The molecule has 96 valence electrons. The summed E-state index contributed by atoms with van der Waals surface area (Å²) in [4.78, 5) is 2.78. The van der Waals surface area contributed by atoms with E-state index in [1.807, 2.05) is 27.7 Å². The summed E-state index contributed by atoms with van der Waals surface area (Å²) < 4.78 is 38.1. The molecule has 0 aromatic carbocycles. The van der Waals surface area contributed by atoms with Crippen LogP contribution in [0.3, 0.4) is 0 Å². The first-order chi connectivity index (χ1) is 7.05. The first-order valence-corrected chi connectivity index (χ1v) is 5.65. The van der Waals surface area contributed by atoms with Gasteiger partial charge in [0, 0.05) is 30.7 Å². The number of halogens is 3. The predicted molar refractivity (Wildman–Crippen MR) is 58.1 cm³/mol. The molecule has 0 bridgehead atoms. The standard InChI is InChI=1S/C11H21F3N2/c1-8-9(2)16(11(12,13)14)7-6-15(8)10(3,4)5/h8-9H,6-7H2,1-5H3. The summed E-state index contributed by atoms with van der Waals surface area (Å²) in [6.07, 6.45) is -4.21. The maximum atomic E-state index is 12.7. The van der Waals surface area contributed by atoms with Crippen molar-refractivity contribution in [2.45, 2.75) is 58.5 Å². The van der Waals surface area contributed by atoms with Crippen molar-refractivity contribution in [1.82, 2.24) is 9.80 Å². The first kappa shape index (κ1) is 13.8. The highest BCUT2D eigenvalue weighted by atomic mass is 19.4. The number of hydrogen-bond donors (Lipinski definition) is 0. The van der Waals surface area contributed by atoms with Crippen molar-refractivity contribution in [2.24, 2.45) is 0 Å². The van der Waals surface area contributed by atoms with Gasteiger partial charge in [-0.15, -0.1) is 0 Å². The number of alkyl halides is 3. The van der Waals surface area contributed by atoms with Crippen molar-refractivity contribution in [3.05, 3.63) is 0 Å². The molecule has 1 saturated heterocycles. The lowest BCUT2D eigenvalue weighted by atomic mass is 9.97. The summed E-state index contributed by atoms with van der Waals surface area (Å²) in [6, 6.07) is -0.580. The lowest BCUT2D eigenvalue weighted by Crippen LogP contribution is -2.64. The van der Waals surface area contributed by atoms with Gasteiger partial charge in [0.15, 0.2) is 0 Å². The van der Waals surface area contributed by atoms with E-state index in [2.05, 4.69) is 4.90 Å². The summed E-state index contributed by atoms with van der Waals surface area (Å²) in [5, 5.41) is 0. The van der Waals surface area contributed by atoms with Crippen LogP contribution in [0.1, 0.15) is 34.6 Å². The molecule has 2 unspecified atom stereocenters. The number of piperazine rings is 1. The Hall–Kier alpha value is -0.290. The number of nitrogens with zero attached hydrogens (tertiary/aromatic N) is 2. The van der Waals surface area contributed by atoms with Gasteiger partial charge < -0.3 is 0 Å². The van der Waals surface area contributed by atoms with E-state index >= 15 is 0 Å². The largest absolute Gasteiger partial charge is 0.460 e. The third-order valence-corrected chi connectivity index (χ3v) is 3.45. The molecule has 1 rings (SSSR count). The van der Waals surface area contributed by atoms with Crippen molar-refractivity contribution in [3.8, 4) is 0 Å². The Morgan fingerprint density at radius 3 is 1.62 bits per heavy atom. The number of hydrogen-bond acceptors (Lipinski definition) is 2. The van der Waals surface area contributed by atoms with Crippen LogP contribution in [0.5, 0.6) is 0 Å². The molecular weight excluding hydrogens is 217 g/mol. The van der Waals surface area contributed by atoms with Crippen LogP contribution in [-0.2, 0) is 0 Å². The molecule has 1 aliphatic rings. The van der Waals surface area contributed by atoms with E-state index in [0.29, 0.717) is 11.4 Å². The highest BCUT2D eigenvalue weighted by molar-refractivity contribution is 4.92. The van der Waals surface area contributed by atoms with Crippen LogP contribution in [0, 0.1) is 0 Å². The van der Waals surface area contributed by atoms with Crippen LogP contribution in [0.25, 0.3) is 0 Å². The van der Waals surface area contributed by atoms with E-state index in [1.165, 1.54) is 0 Å². The zero-order chi connectivity index (χ0) is 12.7.